The monoisotopic (exact) mass is 291 g/mol. The molecule has 0 aliphatic heterocycles. The summed E-state index contributed by atoms with van der Waals surface area (Å²) in [6, 6.07) is 13.0. The van der Waals surface area contributed by atoms with Gasteiger partial charge in [-0.25, -0.2) is 4.39 Å². The van der Waals surface area contributed by atoms with Gasteiger partial charge in [0.25, 0.3) is 0 Å². The first-order chi connectivity index (χ1) is 9.72. The summed E-state index contributed by atoms with van der Waals surface area (Å²) in [7, 11) is 0. The van der Waals surface area contributed by atoms with Gasteiger partial charge in [0.2, 0.25) is 0 Å². The van der Waals surface area contributed by atoms with Crippen molar-refractivity contribution < 1.29 is 9.13 Å². The molecule has 0 aromatic heterocycles. The second-order valence-electron chi connectivity index (χ2n) is 4.96. The molecule has 0 bridgehead atoms. The zero-order chi connectivity index (χ0) is 13.9. The van der Waals surface area contributed by atoms with Gasteiger partial charge in [0, 0.05) is 12.6 Å². The molecule has 2 nitrogen and oxygen atoms in total. The predicted octanol–water partition coefficient (Wildman–Crippen LogP) is 4.52. The van der Waals surface area contributed by atoms with Gasteiger partial charge in [-0.1, -0.05) is 29.8 Å². The molecule has 0 spiro atoms. The van der Waals surface area contributed by atoms with Crippen LogP contribution in [-0.4, -0.2) is 6.04 Å². The molecule has 4 heteroatoms. The molecule has 1 aliphatic carbocycles. The second-order valence-corrected chi connectivity index (χ2v) is 5.36. The Balaban J connectivity index is 1.72. The molecule has 1 fully saturated rings. The molecule has 104 valence electrons. The molecule has 20 heavy (non-hydrogen) atoms. The Morgan fingerprint density at radius 2 is 2.00 bits per heavy atom. The van der Waals surface area contributed by atoms with Crippen LogP contribution < -0.4 is 10.1 Å². The van der Waals surface area contributed by atoms with Gasteiger partial charge in [0.05, 0.1) is 5.02 Å². The molecular formula is C16H15ClFNO. The maximum atomic E-state index is 13.8. The first-order valence-corrected chi connectivity index (χ1v) is 7.04. The van der Waals surface area contributed by atoms with Crippen LogP contribution in [0.25, 0.3) is 0 Å². The first-order valence-electron chi connectivity index (χ1n) is 6.66. The molecule has 0 unspecified atom stereocenters. The van der Waals surface area contributed by atoms with Crippen molar-refractivity contribution in [3.8, 4) is 11.5 Å². The maximum absolute atomic E-state index is 13.8. The van der Waals surface area contributed by atoms with E-state index in [1.807, 2.05) is 18.2 Å². The lowest BCUT2D eigenvalue weighted by atomic mass is 10.2. The van der Waals surface area contributed by atoms with Gasteiger partial charge < -0.3 is 10.1 Å². The van der Waals surface area contributed by atoms with E-state index >= 15 is 0 Å². The number of hydrogen-bond acceptors (Lipinski definition) is 2. The summed E-state index contributed by atoms with van der Waals surface area (Å²) in [6.07, 6.45) is 2.51. The van der Waals surface area contributed by atoms with E-state index in [9.17, 15) is 4.39 Å². The van der Waals surface area contributed by atoms with Crippen LogP contribution in [0.4, 0.5) is 4.39 Å². The van der Waals surface area contributed by atoms with Gasteiger partial charge >= 0.3 is 0 Å². The number of halogens is 2. The smallest absolute Gasteiger partial charge is 0.184 e. The lowest BCUT2D eigenvalue weighted by Gasteiger charge is -2.09. The van der Waals surface area contributed by atoms with E-state index in [-0.39, 0.29) is 10.8 Å². The van der Waals surface area contributed by atoms with Gasteiger partial charge in [0.1, 0.15) is 5.75 Å². The highest BCUT2D eigenvalue weighted by molar-refractivity contribution is 6.30. The van der Waals surface area contributed by atoms with Gasteiger partial charge in [-0.05, 0) is 42.7 Å². The highest BCUT2D eigenvalue weighted by Gasteiger charge is 2.19. The van der Waals surface area contributed by atoms with Gasteiger partial charge in [0.15, 0.2) is 11.6 Å². The number of nitrogens with one attached hydrogen (secondary N) is 1. The minimum absolute atomic E-state index is 0.0639. The van der Waals surface area contributed by atoms with Crippen molar-refractivity contribution in [2.24, 2.45) is 0 Å². The lowest BCUT2D eigenvalue weighted by molar-refractivity contribution is 0.442. The SMILES string of the molecule is Fc1c(Cl)cccc1Oc1cccc(CNC2CC2)c1. The standard InChI is InChI=1S/C16H15ClFNO/c17-14-5-2-6-15(16(14)18)20-13-4-1-3-11(9-13)10-19-12-7-8-12/h1-6,9,12,19H,7-8,10H2. The third-order valence-corrected chi connectivity index (χ3v) is 3.51. The average Bonchev–Trinajstić information content (AvgIpc) is 3.26. The van der Waals surface area contributed by atoms with Crippen LogP contribution in [0.5, 0.6) is 11.5 Å². The summed E-state index contributed by atoms with van der Waals surface area (Å²) in [5.74, 6) is 0.224. The minimum Gasteiger partial charge on any atom is -0.454 e. The third-order valence-electron chi connectivity index (χ3n) is 3.21. The Labute approximate surface area is 122 Å². The van der Waals surface area contributed by atoms with E-state index in [0.717, 1.165) is 12.1 Å². The number of hydrogen-bond donors (Lipinski definition) is 1. The van der Waals surface area contributed by atoms with Crippen LogP contribution in [-0.2, 0) is 6.54 Å². The fourth-order valence-electron chi connectivity index (χ4n) is 1.96. The van der Waals surface area contributed by atoms with Crippen LogP contribution in [0.2, 0.25) is 5.02 Å². The summed E-state index contributed by atoms with van der Waals surface area (Å²) < 4.78 is 19.3. The Bertz CT molecular complexity index is 613. The molecule has 0 atom stereocenters. The van der Waals surface area contributed by atoms with Gasteiger partial charge in [-0.3, -0.25) is 0 Å². The largest absolute Gasteiger partial charge is 0.454 e. The van der Waals surface area contributed by atoms with Gasteiger partial charge in [-0.2, -0.15) is 0 Å². The Kier molecular flexibility index (Phi) is 3.90. The number of ether oxygens (including phenoxy) is 1. The molecule has 2 aromatic rings. The maximum Gasteiger partial charge on any atom is 0.184 e. The molecule has 3 rings (SSSR count). The van der Waals surface area contributed by atoms with Crippen LogP contribution in [0.1, 0.15) is 18.4 Å². The molecular weight excluding hydrogens is 277 g/mol. The molecule has 1 saturated carbocycles. The highest BCUT2D eigenvalue weighted by atomic mass is 35.5. The summed E-state index contributed by atoms with van der Waals surface area (Å²) in [4.78, 5) is 0. The van der Waals surface area contributed by atoms with Crippen molar-refractivity contribution in [2.75, 3.05) is 0 Å². The number of rotatable bonds is 5. The molecule has 0 heterocycles. The summed E-state index contributed by atoms with van der Waals surface area (Å²) in [5, 5.41) is 3.50. The van der Waals surface area contributed by atoms with E-state index in [1.54, 1.807) is 18.2 Å². The zero-order valence-electron chi connectivity index (χ0n) is 10.9. The molecule has 0 saturated heterocycles. The molecule has 1 aliphatic rings. The van der Waals surface area contributed by atoms with Crippen molar-refractivity contribution >= 4 is 11.6 Å². The van der Waals surface area contributed by atoms with E-state index in [0.29, 0.717) is 11.8 Å². The van der Waals surface area contributed by atoms with Crippen molar-refractivity contribution in [1.29, 1.82) is 0 Å². The third kappa shape index (κ3) is 3.30. The lowest BCUT2D eigenvalue weighted by Crippen LogP contribution is -2.15. The van der Waals surface area contributed by atoms with E-state index < -0.39 is 5.82 Å². The van der Waals surface area contributed by atoms with Crippen molar-refractivity contribution in [2.45, 2.75) is 25.4 Å². The quantitative estimate of drug-likeness (QED) is 0.874. The van der Waals surface area contributed by atoms with E-state index in [4.69, 9.17) is 16.3 Å². The minimum atomic E-state index is -0.532. The molecule has 0 amide bonds. The fourth-order valence-corrected chi connectivity index (χ4v) is 2.12. The number of benzene rings is 2. The summed E-state index contributed by atoms with van der Waals surface area (Å²) >= 11 is 5.74. The average molecular weight is 292 g/mol. The zero-order valence-corrected chi connectivity index (χ0v) is 11.7. The Morgan fingerprint density at radius 1 is 1.20 bits per heavy atom. The fraction of sp³-hybridized carbons (Fsp3) is 0.250. The Morgan fingerprint density at radius 3 is 2.80 bits per heavy atom. The summed E-state index contributed by atoms with van der Waals surface area (Å²) in [6.45, 7) is 0.805. The second kappa shape index (κ2) is 5.81. The van der Waals surface area contributed by atoms with Crippen molar-refractivity contribution in [1.82, 2.24) is 5.32 Å². The van der Waals surface area contributed by atoms with Crippen molar-refractivity contribution in [3.63, 3.8) is 0 Å². The first kappa shape index (κ1) is 13.4. The predicted molar refractivity (Wildman–Crippen MR) is 77.8 cm³/mol. The normalized spacial score (nSPS) is 14.3. The topological polar surface area (TPSA) is 21.3 Å². The van der Waals surface area contributed by atoms with Crippen molar-refractivity contribution in [3.05, 3.63) is 58.9 Å². The van der Waals surface area contributed by atoms with Crippen LogP contribution >= 0.6 is 11.6 Å². The molecule has 1 N–H and O–H groups in total. The van der Waals surface area contributed by atoms with Gasteiger partial charge in [-0.15, -0.1) is 0 Å². The molecule has 0 radical (unpaired) electrons. The van der Waals surface area contributed by atoms with Crippen LogP contribution in [0.15, 0.2) is 42.5 Å². The Hall–Kier alpha value is -1.58. The van der Waals surface area contributed by atoms with E-state index in [1.165, 1.54) is 18.9 Å². The van der Waals surface area contributed by atoms with Crippen LogP contribution in [0, 0.1) is 5.82 Å². The van der Waals surface area contributed by atoms with Crippen LogP contribution in [0.3, 0.4) is 0 Å². The highest BCUT2D eigenvalue weighted by Crippen LogP contribution is 2.29. The summed E-state index contributed by atoms with van der Waals surface area (Å²) in [5.41, 5.74) is 1.12. The molecule has 2 aromatic carbocycles. The van der Waals surface area contributed by atoms with E-state index in [2.05, 4.69) is 5.32 Å².